The zero-order chi connectivity index (χ0) is 16.4. The Hall–Kier alpha value is -1.88. The van der Waals surface area contributed by atoms with Gasteiger partial charge in [0.15, 0.2) is 5.78 Å². The number of Topliss-reactive ketones (excluding diaryl/α,β-unsaturated/α-hetero) is 1. The lowest BCUT2D eigenvalue weighted by molar-refractivity contribution is -0.121. The highest BCUT2D eigenvalue weighted by Gasteiger charge is 2.08. The SMILES string of the molecule is COc1ccc(C(=O)CCCC(=O)NCCOC(C)C)cc1. The summed E-state index contributed by atoms with van der Waals surface area (Å²) in [5.41, 5.74) is 0.645. The molecule has 1 rings (SSSR count). The van der Waals surface area contributed by atoms with Crippen molar-refractivity contribution in [2.75, 3.05) is 20.3 Å². The normalized spacial score (nSPS) is 10.5. The molecule has 1 aromatic carbocycles. The molecule has 0 bridgehead atoms. The molecule has 0 aliphatic rings. The van der Waals surface area contributed by atoms with Gasteiger partial charge in [-0.15, -0.1) is 0 Å². The summed E-state index contributed by atoms with van der Waals surface area (Å²) in [7, 11) is 1.58. The van der Waals surface area contributed by atoms with Crippen molar-refractivity contribution < 1.29 is 19.1 Å². The van der Waals surface area contributed by atoms with Crippen molar-refractivity contribution in [1.29, 1.82) is 0 Å². The minimum absolute atomic E-state index is 0.0404. The molecule has 0 unspecified atom stereocenters. The summed E-state index contributed by atoms with van der Waals surface area (Å²) in [6, 6.07) is 7.00. The molecule has 122 valence electrons. The van der Waals surface area contributed by atoms with Gasteiger partial charge in [-0.2, -0.15) is 0 Å². The first kappa shape index (κ1) is 18.2. The fraction of sp³-hybridized carbons (Fsp3) is 0.529. The lowest BCUT2D eigenvalue weighted by Crippen LogP contribution is -2.27. The molecule has 1 N–H and O–H groups in total. The number of hydrogen-bond donors (Lipinski definition) is 1. The first-order valence-electron chi connectivity index (χ1n) is 7.58. The first-order valence-corrected chi connectivity index (χ1v) is 7.58. The molecule has 5 heteroatoms. The Morgan fingerprint density at radius 1 is 1.14 bits per heavy atom. The van der Waals surface area contributed by atoms with Crippen LogP contribution < -0.4 is 10.1 Å². The molecule has 0 saturated carbocycles. The Morgan fingerprint density at radius 2 is 1.82 bits per heavy atom. The number of nitrogens with one attached hydrogen (secondary N) is 1. The van der Waals surface area contributed by atoms with Crippen LogP contribution >= 0.6 is 0 Å². The van der Waals surface area contributed by atoms with Gasteiger partial charge in [0.1, 0.15) is 5.75 Å². The number of ether oxygens (including phenoxy) is 2. The number of rotatable bonds is 10. The van der Waals surface area contributed by atoms with Gasteiger partial charge < -0.3 is 14.8 Å². The fourth-order valence-corrected chi connectivity index (χ4v) is 1.90. The van der Waals surface area contributed by atoms with E-state index in [-0.39, 0.29) is 17.8 Å². The maximum Gasteiger partial charge on any atom is 0.220 e. The zero-order valence-corrected chi connectivity index (χ0v) is 13.6. The van der Waals surface area contributed by atoms with Gasteiger partial charge in [-0.05, 0) is 44.5 Å². The predicted octanol–water partition coefficient (Wildman–Crippen LogP) is 2.59. The Bertz CT molecular complexity index is 468. The Morgan fingerprint density at radius 3 is 2.41 bits per heavy atom. The van der Waals surface area contributed by atoms with Gasteiger partial charge >= 0.3 is 0 Å². The van der Waals surface area contributed by atoms with Crippen molar-refractivity contribution in [3.63, 3.8) is 0 Å². The van der Waals surface area contributed by atoms with E-state index in [1.165, 1.54) is 0 Å². The maximum atomic E-state index is 12.0. The van der Waals surface area contributed by atoms with Crippen LogP contribution in [0.3, 0.4) is 0 Å². The Labute approximate surface area is 132 Å². The number of carbonyl (C=O) groups excluding carboxylic acids is 2. The van der Waals surface area contributed by atoms with Crippen LogP contribution in [0.5, 0.6) is 5.75 Å². The summed E-state index contributed by atoms with van der Waals surface area (Å²) in [5.74, 6) is 0.716. The predicted molar refractivity (Wildman–Crippen MR) is 85.3 cm³/mol. The van der Waals surface area contributed by atoms with Crippen molar-refractivity contribution in [1.82, 2.24) is 5.32 Å². The van der Waals surface area contributed by atoms with E-state index in [1.807, 2.05) is 13.8 Å². The second-order valence-corrected chi connectivity index (χ2v) is 5.27. The highest BCUT2D eigenvalue weighted by molar-refractivity contribution is 5.96. The van der Waals surface area contributed by atoms with Gasteiger partial charge in [0.05, 0.1) is 19.8 Å². The van der Waals surface area contributed by atoms with E-state index in [0.717, 1.165) is 5.75 Å². The third-order valence-corrected chi connectivity index (χ3v) is 3.10. The molecule has 0 aliphatic heterocycles. The van der Waals surface area contributed by atoms with Gasteiger partial charge in [0, 0.05) is 24.9 Å². The van der Waals surface area contributed by atoms with Crippen LogP contribution in [0.2, 0.25) is 0 Å². The van der Waals surface area contributed by atoms with E-state index in [0.29, 0.717) is 38.0 Å². The molecule has 22 heavy (non-hydrogen) atoms. The van der Waals surface area contributed by atoms with E-state index in [2.05, 4.69) is 5.32 Å². The van der Waals surface area contributed by atoms with Crippen LogP contribution in [-0.4, -0.2) is 38.1 Å². The fourth-order valence-electron chi connectivity index (χ4n) is 1.90. The molecule has 1 aromatic rings. The minimum atomic E-state index is -0.0464. The summed E-state index contributed by atoms with van der Waals surface area (Å²) in [6.07, 6.45) is 1.42. The van der Waals surface area contributed by atoms with Crippen LogP contribution in [0.25, 0.3) is 0 Å². The van der Waals surface area contributed by atoms with Gasteiger partial charge in [0.25, 0.3) is 0 Å². The average Bonchev–Trinajstić information content (AvgIpc) is 2.51. The molecule has 0 atom stereocenters. The van der Waals surface area contributed by atoms with Gasteiger partial charge in [-0.1, -0.05) is 0 Å². The third-order valence-electron chi connectivity index (χ3n) is 3.10. The zero-order valence-electron chi connectivity index (χ0n) is 13.6. The number of carbonyl (C=O) groups is 2. The number of ketones is 1. The van der Waals surface area contributed by atoms with Crippen molar-refractivity contribution in [3.05, 3.63) is 29.8 Å². The molecule has 0 aliphatic carbocycles. The van der Waals surface area contributed by atoms with Crippen molar-refractivity contribution in [2.45, 2.75) is 39.2 Å². The summed E-state index contributed by atoms with van der Waals surface area (Å²) < 4.78 is 10.4. The number of hydrogen-bond acceptors (Lipinski definition) is 4. The monoisotopic (exact) mass is 307 g/mol. The highest BCUT2D eigenvalue weighted by atomic mass is 16.5. The topological polar surface area (TPSA) is 64.6 Å². The van der Waals surface area contributed by atoms with E-state index in [4.69, 9.17) is 9.47 Å². The molecule has 0 aromatic heterocycles. The van der Waals surface area contributed by atoms with E-state index in [9.17, 15) is 9.59 Å². The molecule has 0 spiro atoms. The van der Waals surface area contributed by atoms with E-state index >= 15 is 0 Å². The number of benzene rings is 1. The molecule has 0 radical (unpaired) electrons. The Kier molecular flexibility index (Phi) is 8.22. The summed E-state index contributed by atoms with van der Waals surface area (Å²) >= 11 is 0. The lowest BCUT2D eigenvalue weighted by Gasteiger charge is -2.08. The van der Waals surface area contributed by atoms with Crippen molar-refractivity contribution in [3.8, 4) is 5.75 Å². The molecule has 5 nitrogen and oxygen atoms in total. The standard InChI is InChI=1S/C17H25NO4/c1-13(2)22-12-11-18-17(20)6-4-5-16(19)14-7-9-15(21-3)10-8-14/h7-10,13H,4-6,11-12H2,1-3H3,(H,18,20). The average molecular weight is 307 g/mol. The molecule has 0 fully saturated rings. The van der Waals surface area contributed by atoms with Gasteiger partial charge in [0.2, 0.25) is 5.91 Å². The summed E-state index contributed by atoms with van der Waals surface area (Å²) in [6.45, 7) is 4.91. The quantitative estimate of drug-likeness (QED) is 0.533. The second-order valence-electron chi connectivity index (χ2n) is 5.27. The van der Waals surface area contributed by atoms with Gasteiger partial charge in [-0.3, -0.25) is 9.59 Å². The lowest BCUT2D eigenvalue weighted by atomic mass is 10.1. The molecular weight excluding hydrogens is 282 g/mol. The number of methoxy groups -OCH3 is 1. The molecule has 1 amide bonds. The van der Waals surface area contributed by atoms with Crippen LogP contribution in [-0.2, 0) is 9.53 Å². The van der Waals surface area contributed by atoms with Crippen LogP contribution in [0, 0.1) is 0 Å². The number of amides is 1. The van der Waals surface area contributed by atoms with Crippen LogP contribution in [0.4, 0.5) is 0 Å². The minimum Gasteiger partial charge on any atom is -0.497 e. The maximum absolute atomic E-state index is 12.0. The van der Waals surface area contributed by atoms with Gasteiger partial charge in [-0.25, -0.2) is 0 Å². The van der Waals surface area contributed by atoms with Crippen molar-refractivity contribution in [2.24, 2.45) is 0 Å². The van der Waals surface area contributed by atoms with Crippen LogP contribution in [0.1, 0.15) is 43.5 Å². The molecule has 0 heterocycles. The van der Waals surface area contributed by atoms with Crippen LogP contribution in [0.15, 0.2) is 24.3 Å². The Balaban J connectivity index is 2.19. The smallest absolute Gasteiger partial charge is 0.220 e. The molecular formula is C17H25NO4. The summed E-state index contributed by atoms with van der Waals surface area (Å²) in [4.78, 5) is 23.6. The largest absolute Gasteiger partial charge is 0.497 e. The summed E-state index contributed by atoms with van der Waals surface area (Å²) in [5, 5.41) is 2.77. The van der Waals surface area contributed by atoms with E-state index < -0.39 is 0 Å². The van der Waals surface area contributed by atoms with Crippen molar-refractivity contribution >= 4 is 11.7 Å². The first-order chi connectivity index (χ1) is 10.5. The second kappa shape index (κ2) is 9.95. The van der Waals surface area contributed by atoms with E-state index in [1.54, 1.807) is 31.4 Å². The highest BCUT2D eigenvalue weighted by Crippen LogP contribution is 2.13. The molecule has 0 saturated heterocycles. The third kappa shape index (κ3) is 7.22.